The maximum absolute atomic E-state index is 6.40. The number of hydrogen-bond acceptors (Lipinski definition) is 1. The number of rotatable bonds is 5. The highest BCUT2D eigenvalue weighted by Gasteiger charge is 2.23. The van der Waals surface area contributed by atoms with Gasteiger partial charge in [-0.2, -0.15) is 0 Å². The van der Waals surface area contributed by atoms with E-state index >= 15 is 0 Å². The van der Waals surface area contributed by atoms with Crippen molar-refractivity contribution in [2.45, 2.75) is 63.8 Å². The van der Waals surface area contributed by atoms with Crippen molar-refractivity contribution in [3.05, 3.63) is 70.8 Å². The third kappa shape index (κ3) is 4.03. The van der Waals surface area contributed by atoms with Gasteiger partial charge in [0, 0.05) is 6.04 Å². The average molecular weight is 307 g/mol. The van der Waals surface area contributed by atoms with Crippen molar-refractivity contribution in [2.24, 2.45) is 5.73 Å². The molecule has 1 nitrogen and oxygen atoms in total. The summed E-state index contributed by atoms with van der Waals surface area (Å²) in [5, 5.41) is 0. The Bertz CT molecular complexity index is 617. The summed E-state index contributed by atoms with van der Waals surface area (Å²) in [7, 11) is 0. The van der Waals surface area contributed by atoms with E-state index in [0.29, 0.717) is 12.0 Å². The SMILES string of the molecule is CCc1ccc(C2CCCCC2N)cc1CCc1ccccc1. The van der Waals surface area contributed by atoms with Crippen LogP contribution in [0.15, 0.2) is 48.5 Å². The van der Waals surface area contributed by atoms with Crippen LogP contribution in [0, 0.1) is 0 Å². The van der Waals surface area contributed by atoms with E-state index in [9.17, 15) is 0 Å². The van der Waals surface area contributed by atoms with Crippen LogP contribution >= 0.6 is 0 Å². The molecule has 1 aliphatic carbocycles. The normalized spacial score (nSPS) is 21.3. The molecule has 2 aromatic rings. The molecule has 2 aromatic carbocycles. The Balaban J connectivity index is 1.78. The van der Waals surface area contributed by atoms with Crippen LogP contribution in [0.3, 0.4) is 0 Å². The van der Waals surface area contributed by atoms with Gasteiger partial charge in [0.25, 0.3) is 0 Å². The Morgan fingerprint density at radius 2 is 1.70 bits per heavy atom. The van der Waals surface area contributed by atoms with Gasteiger partial charge in [0.05, 0.1) is 0 Å². The van der Waals surface area contributed by atoms with Crippen LogP contribution in [0.2, 0.25) is 0 Å². The van der Waals surface area contributed by atoms with E-state index in [1.54, 1.807) is 0 Å². The first-order valence-electron chi connectivity index (χ1n) is 9.19. The third-order valence-electron chi connectivity index (χ3n) is 5.38. The lowest BCUT2D eigenvalue weighted by molar-refractivity contribution is 0.385. The predicted molar refractivity (Wildman–Crippen MR) is 98.9 cm³/mol. The molecule has 1 fully saturated rings. The maximum atomic E-state index is 6.40. The fourth-order valence-corrected chi connectivity index (χ4v) is 3.95. The molecule has 0 radical (unpaired) electrons. The minimum atomic E-state index is 0.346. The summed E-state index contributed by atoms with van der Waals surface area (Å²) in [4.78, 5) is 0. The Morgan fingerprint density at radius 3 is 2.43 bits per heavy atom. The highest BCUT2D eigenvalue weighted by molar-refractivity contribution is 5.35. The van der Waals surface area contributed by atoms with Crippen molar-refractivity contribution in [3.8, 4) is 0 Å². The lowest BCUT2D eigenvalue weighted by atomic mass is 9.79. The molecule has 1 heteroatoms. The van der Waals surface area contributed by atoms with E-state index in [2.05, 4.69) is 55.5 Å². The minimum absolute atomic E-state index is 0.346. The zero-order valence-corrected chi connectivity index (χ0v) is 14.3. The molecule has 0 heterocycles. The smallest absolute Gasteiger partial charge is 0.0108 e. The Morgan fingerprint density at radius 1 is 0.913 bits per heavy atom. The van der Waals surface area contributed by atoms with E-state index in [1.807, 2.05) is 0 Å². The number of hydrogen-bond donors (Lipinski definition) is 1. The van der Waals surface area contributed by atoms with Gasteiger partial charge in [-0.25, -0.2) is 0 Å². The monoisotopic (exact) mass is 307 g/mol. The second-order valence-corrected chi connectivity index (χ2v) is 6.92. The number of aryl methyl sites for hydroxylation is 3. The molecule has 2 N–H and O–H groups in total. The van der Waals surface area contributed by atoms with Crippen LogP contribution < -0.4 is 5.73 Å². The highest BCUT2D eigenvalue weighted by atomic mass is 14.7. The number of benzene rings is 2. The molecule has 0 aromatic heterocycles. The van der Waals surface area contributed by atoms with E-state index in [1.165, 1.54) is 47.9 Å². The predicted octanol–water partition coefficient (Wildman–Crippen LogP) is 5.02. The minimum Gasteiger partial charge on any atom is -0.327 e. The van der Waals surface area contributed by atoms with Gasteiger partial charge in [-0.1, -0.05) is 68.3 Å². The summed E-state index contributed by atoms with van der Waals surface area (Å²) in [6, 6.07) is 18.3. The fourth-order valence-electron chi connectivity index (χ4n) is 3.95. The highest BCUT2D eigenvalue weighted by Crippen LogP contribution is 2.33. The van der Waals surface area contributed by atoms with Crippen LogP contribution in [0.4, 0.5) is 0 Å². The van der Waals surface area contributed by atoms with E-state index < -0.39 is 0 Å². The van der Waals surface area contributed by atoms with Gasteiger partial charge in [0.2, 0.25) is 0 Å². The first-order valence-corrected chi connectivity index (χ1v) is 9.19. The van der Waals surface area contributed by atoms with Crippen molar-refractivity contribution in [3.63, 3.8) is 0 Å². The van der Waals surface area contributed by atoms with Crippen LogP contribution in [0.5, 0.6) is 0 Å². The lowest BCUT2D eigenvalue weighted by Crippen LogP contribution is -2.31. The van der Waals surface area contributed by atoms with Gasteiger partial charge in [-0.05, 0) is 60.3 Å². The van der Waals surface area contributed by atoms with Gasteiger partial charge in [0.1, 0.15) is 0 Å². The molecule has 122 valence electrons. The van der Waals surface area contributed by atoms with Gasteiger partial charge >= 0.3 is 0 Å². The second-order valence-electron chi connectivity index (χ2n) is 6.92. The van der Waals surface area contributed by atoms with Crippen molar-refractivity contribution in [2.75, 3.05) is 0 Å². The first-order chi connectivity index (χ1) is 11.3. The zero-order valence-electron chi connectivity index (χ0n) is 14.3. The van der Waals surface area contributed by atoms with Gasteiger partial charge in [-0.3, -0.25) is 0 Å². The summed E-state index contributed by atoms with van der Waals surface area (Å²) in [6.07, 6.45) is 8.42. The first kappa shape index (κ1) is 16.3. The van der Waals surface area contributed by atoms with Crippen LogP contribution in [-0.2, 0) is 19.3 Å². The Hall–Kier alpha value is -1.60. The summed E-state index contributed by atoms with van der Waals surface area (Å²) in [5.74, 6) is 0.560. The molecule has 2 atom stereocenters. The van der Waals surface area contributed by atoms with Crippen LogP contribution in [0.25, 0.3) is 0 Å². The third-order valence-corrected chi connectivity index (χ3v) is 5.38. The topological polar surface area (TPSA) is 26.0 Å². The summed E-state index contributed by atoms with van der Waals surface area (Å²) in [6.45, 7) is 2.26. The molecule has 2 unspecified atom stereocenters. The molecule has 0 bridgehead atoms. The Labute approximate surface area is 140 Å². The summed E-state index contributed by atoms with van der Waals surface area (Å²) < 4.78 is 0. The van der Waals surface area contributed by atoms with Gasteiger partial charge in [-0.15, -0.1) is 0 Å². The molecule has 3 rings (SSSR count). The van der Waals surface area contributed by atoms with E-state index in [4.69, 9.17) is 5.73 Å². The van der Waals surface area contributed by atoms with Gasteiger partial charge in [0.15, 0.2) is 0 Å². The van der Waals surface area contributed by atoms with Crippen LogP contribution in [0.1, 0.15) is 60.8 Å². The second kappa shape index (κ2) is 7.79. The molecule has 1 saturated carbocycles. The molecule has 0 aliphatic heterocycles. The quantitative estimate of drug-likeness (QED) is 0.824. The van der Waals surface area contributed by atoms with Crippen molar-refractivity contribution in [1.29, 1.82) is 0 Å². The molecule has 0 spiro atoms. The number of nitrogens with two attached hydrogens (primary N) is 1. The summed E-state index contributed by atoms with van der Waals surface area (Å²) >= 11 is 0. The lowest BCUT2D eigenvalue weighted by Gasteiger charge is -2.29. The molecule has 1 aliphatic rings. The van der Waals surface area contributed by atoms with E-state index in [-0.39, 0.29) is 0 Å². The largest absolute Gasteiger partial charge is 0.327 e. The van der Waals surface area contributed by atoms with Gasteiger partial charge < -0.3 is 5.73 Å². The zero-order chi connectivity index (χ0) is 16.1. The standard InChI is InChI=1S/C22H29N/c1-2-18-14-15-20(21-10-6-7-11-22(21)23)16-19(18)13-12-17-8-4-3-5-9-17/h3-5,8-9,14-16,21-22H,2,6-7,10-13,23H2,1H3. The molecular weight excluding hydrogens is 278 g/mol. The Kier molecular flexibility index (Phi) is 5.51. The van der Waals surface area contributed by atoms with Crippen LogP contribution in [-0.4, -0.2) is 6.04 Å². The molecule has 0 amide bonds. The van der Waals surface area contributed by atoms with Crippen molar-refractivity contribution < 1.29 is 0 Å². The molecular formula is C22H29N. The van der Waals surface area contributed by atoms with Crippen molar-refractivity contribution in [1.82, 2.24) is 0 Å². The summed E-state index contributed by atoms with van der Waals surface area (Å²) in [5.41, 5.74) is 12.3. The maximum Gasteiger partial charge on any atom is 0.0108 e. The average Bonchev–Trinajstić information content (AvgIpc) is 2.61. The van der Waals surface area contributed by atoms with E-state index in [0.717, 1.165) is 19.3 Å². The van der Waals surface area contributed by atoms with Crippen molar-refractivity contribution >= 4 is 0 Å². The molecule has 23 heavy (non-hydrogen) atoms. The fraction of sp³-hybridized carbons (Fsp3) is 0.455. The molecule has 0 saturated heterocycles.